The lowest BCUT2D eigenvalue weighted by atomic mass is 9.80. The predicted octanol–water partition coefficient (Wildman–Crippen LogP) is 2.67. The van der Waals surface area contributed by atoms with Gasteiger partial charge in [-0.05, 0) is 61.9 Å². The summed E-state index contributed by atoms with van der Waals surface area (Å²) in [7, 11) is 0. The van der Waals surface area contributed by atoms with Crippen molar-refractivity contribution in [3.05, 3.63) is 51.7 Å². The quantitative estimate of drug-likeness (QED) is 0.612. The summed E-state index contributed by atoms with van der Waals surface area (Å²) in [5.74, 6) is -0.917. The molecule has 0 bridgehead atoms. The highest BCUT2D eigenvalue weighted by atomic mass is 32.1. The SMILES string of the molecule is CC(=O)c1ccc(NC(=O)CN2C(=O)N[C@]3(CCCc4sccc43)C2=O)cc1. The van der Waals surface area contributed by atoms with Gasteiger partial charge in [-0.15, -0.1) is 11.3 Å². The third-order valence-electron chi connectivity index (χ3n) is 5.21. The molecular formula is C20H19N3O4S. The first kappa shape index (κ1) is 18.4. The van der Waals surface area contributed by atoms with E-state index in [-0.39, 0.29) is 18.2 Å². The standard InChI is InChI=1S/C20H19N3O4S/c1-12(24)13-4-6-14(7-5-13)21-17(25)11-23-18(26)20(22-19(23)27)9-2-3-16-15(20)8-10-28-16/h4-8,10H,2-3,9,11H2,1H3,(H,21,25)(H,22,27)/t20-/m0/s1. The lowest BCUT2D eigenvalue weighted by Crippen LogP contribution is -2.46. The summed E-state index contributed by atoms with van der Waals surface area (Å²) in [5, 5.41) is 7.41. The summed E-state index contributed by atoms with van der Waals surface area (Å²) >= 11 is 1.58. The molecule has 1 aliphatic heterocycles. The molecule has 8 heteroatoms. The number of amides is 4. The molecule has 2 aliphatic rings. The van der Waals surface area contributed by atoms with Crippen LogP contribution >= 0.6 is 11.3 Å². The Morgan fingerprint density at radius 1 is 1.21 bits per heavy atom. The van der Waals surface area contributed by atoms with Gasteiger partial charge in [-0.3, -0.25) is 19.3 Å². The van der Waals surface area contributed by atoms with Gasteiger partial charge >= 0.3 is 6.03 Å². The second-order valence-electron chi connectivity index (χ2n) is 7.02. The van der Waals surface area contributed by atoms with Crippen LogP contribution in [0.3, 0.4) is 0 Å². The minimum atomic E-state index is -1.05. The molecule has 0 unspecified atom stereocenters. The Morgan fingerprint density at radius 2 is 1.96 bits per heavy atom. The lowest BCUT2D eigenvalue weighted by Gasteiger charge is -2.31. The normalized spacial score (nSPS) is 20.8. The van der Waals surface area contributed by atoms with Crippen molar-refractivity contribution in [1.29, 1.82) is 0 Å². The van der Waals surface area contributed by atoms with E-state index < -0.39 is 17.5 Å². The molecule has 1 atom stereocenters. The number of thiophene rings is 1. The van der Waals surface area contributed by atoms with Gasteiger partial charge in [0.2, 0.25) is 5.91 Å². The van der Waals surface area contributed by atoms with Gasteiger partial charge in [0.05, 0.1) is 0 Å². The molecule has 7 nitrogen and oxygen atoms in total. The zero-order valence-corrected chi connectivity index (χ0v) is 16.1. The molecule has 1 aromatic heterocycles. The maximum absolute atomic E-state index is 13.1. The number of nitrogens with one attached hydrogen (secondary N) is 2. The highest BCUT2D eigenvalue weighted by molar-refractivity contribution is 7.10. The number of nitrogens with zero attached hydrogens (tertiary/aromatic N) is 1. The number of Topliss-reactive ketones (excluding diaryl/α,β-unsaturated/α-hetero) is 1. The number of imide groups is 1. The van der Waals surface area contributed by atoms with E-state index in [2.05, 4.69) is 10.6 Å². The minimum Gasteiger partial charge on any atom is -0.325 e. The van der Waals surface area contributed by atoms with Gasteiger partial charge in [0.1, 0.15) is 12.1 Å². The van der Waals surface area contributed by atoms with Crippen LogP contribution in [0.2, 0.25) is 0 Å². The minimum absolute atomic E-state index is 0.0669. The summed E-state index contributed by atoms with van der Waals surface area (Å²) in [6.07, 6.45) is 2.24. The molecule has 1 spiro atoms. The van der Waals surface area contributed by atoms with Crippen molar-refractivity contribution in [3.8, 4) is 0 Å². The number of benzene rings is 1. The second-order valence-corrected chi connectivity index (χ2v) is 8.02. The van der Waals surface area contributed by atoms with E-state index >= 15 is 0 Å². The maximum Gasteiger partial charge on any atom is 0.325 e. The van der Waals surface area contributed by atoms with E-state index in [4.69, 9.17) is 0 Å². The van der Waals surface area contributed by atoms with Gasteiger partial charge in [0.15, 0.2) is 5.78 Å². The topological polar surface area (TPSA) is 95.6 Å². The molecule has 144 valence electrons. The molecule has 0 radical (unpaired) electrons. The molecule has 2 aromatic rings. The van der Waals surface area contributed by atoms with E-state index in [0.29, 0.717) is 17.7 Å². The van der Waals surface area contributed by atoms with Crippen molar-refractivity contribution in [3.63, 3.8) is 0 Å². The first-order valence-corrected chi connectivity index (χ1v) is 9.90. The van der Waals surface area contributed by atoms with Gasteiger partial charge in [0, 0.05) is 21.7 Å². The smallest absolute Gasteiger partial charge is 0.325 e. The van der Waals surface area contributed by atoms with Gasteiger partial charge in [0.25, 0.3) is 5.91 Å². The number of carbonyl (C=O) groups excluding carboxylic acids is 4. The third kappa shape index (κ3) is 2.99. The highest BCUT2D eigenvalue weighted by Crippen LogP contribution is 2.42. The zero-order chi connectivity index (χ0) is 19.9. The van der Waals surface area contributed by atoms with Crippen LogP contribution in [0.1, 0.15) is 40.6 Å². The summed E-state index contributed by atoms with van der Waals surface area (Å²) in [5.41, 5.74) is 0.839. The molecule has 4 amide bonds. The molecule has 1 fully saturated rings. The van der Waals surface area contributed by atoms with Crippen LogP contribution in [0.4, 0.5) is 10.5 Å². The van der Waals surface area contributed by atoms with Gasteiger partial charge in [-0.25, -0.2) is 4.79 Å². The zero-order valence-electron chi connectivity index (χ0n) is 15.3. The second kappa shape index (κ2) is 6.87. The number of ketones is 1. The summed E-state index contributed by atoms with van der Waals surface area (Å²) in [6, 6.07) is 7.78. The molecule has 1 aromatic carbocycles. The Bertz CT molecular complexity index is 982. The molecule has 4 rings (SSSR count). The largest absolute Gasteiger partial charge is 0.325 e. The van der Waals surface area contributed by atoms with Crippen molar-refractivity contribution < 1.29 is 19.2 Å². The van der Waals surface area contributed by atoms with E-state index in [9.17, 15) is 19.2 Å². The van der Waals surface area contributed by atoms with Crippen molar-refractivity contribution in [1.82, 2.24) is 10.2 Å². The molecule has 1 aliphatic carbocycles. The number of aryl methyl sites for hydroxylation is 1. The van der Waals surface area contributed by atoms with Crippen LogP contribution < -0.4 is 10.6 Å². The predicted molar refractivity (Wildman–Crippen MR) is 104 cm³/mol. The van der Waals surface area contributed by atoms with E-state index in [1.54, 1.807) is 35.6 Å². The van der Waals surface area contributed by atoms with Crippen LogP contribution in [0.15, 0.2) is 35.7 Å². The first-order chi connectivity index (χ1) is 13.4. The Hall–Kier alpha value is -3.00. The molecule has 1 saturated heterocycles. The lowest BCUT2D eigenvalue weighted by molar-refractivity contribution is -0.134. The monoisotopic (exact) mass is 397 g/mol. The van der Waals surface area contributed by atoms with E-state index in [0.717, 1.165) is 28.2 Å². The van der Waals surface area contributed by atoms with Gasteiger partial charge in [-0.2, -0.15) is 0 Å². The maximum atomic E-state index is 13.1. The van der Waals surface area contributed by atoms with Crippen LogP contribution in [0.25, 0.3) is 0 Å². The Kier molecular flexibility index (Phi) is 4.50. The number of urea groups is 1. The summed E-state index contributed by atoms with van der Waals surface area (Å²) in [6.45, 7) is 1.10. The molecule has 28 heavy (non-hydrogen) atoms. The number of hydrogen-bond acceptors (Lipinski definition) is 5. The van der Waals surface area contributed by atoms with Crippen LogP contribution in [-0.4, -0.2) is 35.1 Å². The number of rotatable bonds is 4. The fraction of sp³-hybridized carbons (Fsp3) is 0.300. The van der Waals surface area contributed by atoms with Gasteiger partial charge in [-0.1, -0.05) is 0 Å². The van der Waals surface area contributed by atoms with Crippen molar-refractivity contribution >= 4 is 40.7 Å². The Balaban J connectivity index is 1.48. The van der Waals surface area contributed by atoms with Crippen LogP contribution in [0.5, 0.6) is 0 Å². The fourth-order valence-corrected chi connectivity index (χ4v) is 4.82. The van der Waals surface area contributed by atoms with E-state index in [1.165, 1.54) is 6.92 Å². The van der Waals surface area contributed by atoms with E-state index in [1.807, 2.05) is 11.4 Å². The van der Waals surface area contributed by atoms with Crippen molar-refractivity contribution in [2.75, 3.05) is 11.9 Å². The van der Waals surface area contributed by atoms with Crippen LogP contribution in [0, 0.1) is 0 Å². The number of hydrogen-bond donors (Lipinski definition) is 2. The molecule has 2 N–H and O–H groups in total. The average Bonchev–Trinajstić information content (AvgIpc) is 3.23. The summed E-state index contributed by atoms with van der Waals surface area (Å²) < 4.78 is 0. The van der Waals surface area contributed by atoms with Crippen LogP contribution in [-0.2, 0) is 21.5 Å². The average molecular weight is 397 g/mol. The Labute approximate surface area is 165 Å². The molecular weight excluding hydrogens is 378 g/mol. The fourth-order valence-electron chi connectivity index (χ4n) is 3.82. The Morgan fingerprint density at radius 3 is 2.68 bits per heavy atom. The van der Waals surface area contributed by atoms with Crippen molar-refractivity contribution in [2.45, 2.75) is 31.7 Å². The number of anilines is 1. The molecule has 0 saturated carbocycles. The van der Waals surface area contributed by atoms with Gasteiger partial charge < -0.3 is 10.6 Å². The highest BCUT2D eigenvalue weighted by Gasteiger charge is 2.54. The number of fused-ring (bicyclic) bond motifs is 2. The first-order valence-electron chi connectivity index (χ1n) is 9.02. The van der Waals surface area contributed by atoms with Crippen molar-refractivity contribution in [2.24, 2.45) is 0 Å². The summed E-state index contributed by atoms with van der Waals surface area (Å²) in [4.78, 5) is 51.4. The third-order valence-corrected chi connectivity index (χ3v) is 6.19. The number of carbonyl (C=O) groups is 4. The molecule has 2 heterocycles.